The molecular formula is C25H34N+. The highest BCUT2D eigenvalue weighted by atomic mass is 15.0. The van der Waals surface area contributed by atoms with Gasteiger partial charge in [0, 0.05) is 24.5 Å². The Morgan fingerprint density at radius 3 is 2.15 bits per heavy atom. The van der Waals surface area contributed by atoms with Gasteiger partial charge in [-0.3, -0.25) is 0 Å². The maximum Gasteiger partial charge on any atom is 0.213 e. The van der Waals surface area contributed by atoms with Gasteiger partial charge in [0.15, 0.2) is 12.2 Å². The summed E-state index contributed by atoms with van der Waals surface area (Å²) < 4.78 is 2.51. The van der Waals surface area contributed by atoms with Gasteiger partial charge < -0.3 is 0 Å². The van der Waals surface area contributed by atoms with Gasteiger partial charge in [0.1, 0.15) is 0 Å². The molecule has 0 fully saturated rings. The smallest absolute Gasteiger partial charge is 0.195 e. The van der Waals surface area contributed by atoms with Gasteiger partial charge in [-0.1, -0.05) is 61.5 Å². The zero-order valence-corrected chi connectivity index (χ0v) is 17.8. The molecule has 2 aliphatic rings. The van der Waals surface area contributed by atoms with E-state index in [4.69, 9.17) is 0 Å². The minimum atomic E-state index is 0.158. The summed E-state index contributed by atoms with van der Waals surface area (Å²) in [5.74, 6) is 0.544. The first-order valence-corrected chi connectivity index (χ1v) is 10.2. The molecule has 2 heterocycles. The van der Waals surface area contributed by atoms with E-state index in [0.717, 1.165) is 0 Å². The van der Waals surface area contributed by atoms with Crippen LogP contribution in [0.15, 0.2) is 36.5 Å². The minimum absolute atomic E-state index is 0.158. The van der Waals surface area contributed by atoms with Crippen LogP contribution in [-0.2, 0) is 10.8 Å². The second kappa shape index (κ2) is 5.21. The van der Waals surface area contributed by atoms with Crippen LogP contribution in [0.2, 0.25) is 0 Å². The molecule has 2 unspecified atom stereocenters. The molecule has 0 spiro atoms. The molecule has 0 saturated heterocycles. The average Bonchev–Trinajstić information content (AvgIpc) is 2.70. The number of benzene rings is 1. The quantitative estimate of drug-likeness (QED) is 0.532. The fraction of sp³-hybridized carbons (Fsp3) is 0.560. The number of pyridine rings is 1. The van der Waals surface area contributed by atoms with E-state index >= 15 is 0 Å². The summed E-state index contributed by atoms with van der Waals surface area (Å²) >= 11 is 0. The number of nitrogens with zero attached hydrogens (tertiary/aromatic N) is 1. The SMILES string of the molecule is CCC1C(C)c2cc3c(cc2-c2cccc[n+]21)C(C)(C)C(C)(C)C3(C)C. The van der Waals surface area contributed by atoms with Crippen LogP contribution in [-0.4, -0.2) is 0 Å². The van der Waals surface area contributed by atoms with Gasteiger partial charge in [0.25, 0.3) is 0 Å². The third-order valence-electron chi connectivity index (χ3n) is 8.67. The van der Waals surface area contributed by atoms with E-state index in [-0.39, 0.29) is 16.2 Å². The number of aromatic nitrogens is 1. The Hall–Kier alpha value is -1.63. The van der Waals surface area contributed by atoms with Crippen LogP contribution in [0.1, 0.15) is 90.5 Å². The van der Waals surface area contributed by atoms with E-state index in [2.05, 4.69) is 96.5 Å². The molecule has 0 amide bonds. The molecule has 2 aromatic rings. The Labute approximate surface area is 159 Å². The average molecular weight is 349 g/mol. The van der Waals surface area contributed by atoms with Crippen molar-refractivity contribution in [2.45, 2.75) is 84.6 Å². The fourth-order valence-corrected chi connectivity index (χ4v) is 5.68. The second-order valence-corrected chi connectivity index (χ2v) is 10.1. The van der Waals surface area contributed by atoms with Crippen molar-refractivity contribution >= 4 is 0 Å². The zero-order chi connectivity index (χ0) is 19.1. The van der Waals surface area contributed by atoms with Crippen molar-refractivity contribution in [1.29, 1.82) is 0 Å². The van der Waals surface area contributed by atoms with E-state index in [1.807, 2.05) is 0 Å². The third-order valence-corrected chi connectivity index (χ3v) is 8.67. The van der Waals surface area contributed by atoms with Gasteiger partial charge in [-0.05, 0) is 45.1 Å². The molecule has 1 heteroatoms. The summed E-state index contributed by atoms with van der Waals surface area (Å²) in [6.07, 6.45) is 3.44. The van der Waals surface area contributed by atoms with E-state index in [1.165, 1.54) is 17.7 Å². The summed E-state index contributed by atoms with van der Waals surface area (Å²) in [6, 6.07) is 12.3. The van der Waals surface area contributed by atoms with E-state index in [9.17, 15) is 0 Å². The molecule has 4 rings (SSSR count). The third kappa shape index (κ3) is 1.90. The van der Waals surface area contributed by atoms with Gasteiger partial charge in [-0.2, -0.15) is 4.57 Å². The Bertz CT molecular complexity index is 885. The largest absolute Gasteiger partial charge is 0.213 e. The molecule has 1 nitrogen and oxygen atoms in total. The molecule has 0 N–H and O–H groups in total. The second-order valence-electron chi connectivity index (χ2n) is 10.1. The standard InChI is InChI=1S/C25H34N/c1-9-21-16(2)17-14-19-20(24(5,6)25(7,8)23(19,3)4)15-18(17)22-12-10-11-13-26(21)22/h10-16,21H,9H2,1-8H3/q+1. The first-order chi connectivity index (χ1) is 12.1. The van der Waals surface area contributed by atoms with Crippen LogP contribution < -0.4 is 4.57 Å². The molecule has 1 aromatic heterocycles. The topological polar surface area (TPSA) is 3.88 Å². The molecule has 1 aromatic carbocycles. The monoisotopic (exact) mass is 348 g/mol. The Kier molecular flexibility index (Phi) is 3.56. The van der Waals surface area contributed by atoms with Gasteiger partial charge >= 0.3 is 0 Å². The Morgan fingerprint density at radius 2 is 1.54 bits per heavy atom. The molecule has 138 valence electrons. The zero-order valence-electron chi connectivity index (χ0n) is 17.8. The van der Waals surface area contributed by atoms with Crippen LogP contribution in [0.3, 0.4) is 0 Å². The maximum atomic E-state index is 2.57. The fourth-order valence-electron chi connectivity index (χ4n) is 5.68. The van der Waals surface area contributed by atoms with E-state index in [0.29, 0.717) is 12.0 Å². The number of fused-ring (bicyclic) bond motifs is 4. The van der Waals surface area contributed by atoms with E-state index < -0.39 is 0 Å². The van der Waals surface area contributed by atoms with Crippen molar-refractivity contribution in [2.24, 2.45) is 5.41 Å². The predicted octanol–water partition coefficient (Wildman–Crippen LogP) is 6.30. The van der Waals surface area contributed by atoms with Crippen molar-refractivity contribution in [1.82, 2.24) is 0 Å². The molecule has 0 bridgehead atoms. The number of hydrogen-bond acceptors (Lipinski definition) is 0. The van der Waals surface area contributed by atoms with Crippen molar-refractivity contribution in [3.63, 3.8) is 0 Å². The Morgan fingerprint density at radius 1 is 0.923 bits per heavy atom. The molecule has 1 aliphatic heterocycles. The van der Waals surface area contributed by atoms with Gasteiger partial charge in [0.05, 0.1) is 5.56 Å². The molecule has 0 radical (unpaired) electrons. The lowest BCUT2D eigenvalue weighted by atomic mass is 9.59. The lowest BCUT2D eigenvalue weighted by Crippen LogP contribution is -2.46. The molecule has 26 heavy (non-hydrogen) atoms. The lowest BCUT2D eigenvalue weighted by molar-refractivity contribution is -0.718. The summed E-state index contributed by atoms with van der Waals surface area (Å²) in [7, 11) is 0. The first-order valence-electron chi connectivity index (χ1n) is 10.2. The van der Waals surface area contributed by atoms with Crippen LogP contribution in [0.5, 0.6) is 0 Å². The van der Waals surface area contributed by atoms with Crippen molar-refractivity contribution in [3.8, 4) is 11.3 Å². The minimum Gasteiger partial charge on any atom is -0.195 e. The summed E-state index contributed by atoms with van der Waals surface area (Å²) in [4.78, 5) is 0. The molecule has 0 saturated carbocycles. The maximum absolute atomic E-state index is 2.57. The van der Waals surface area contributed by atoms with Gasteiger partial charge in [-0.15, -0.1) is 0 Å². The highest BCUT2D eigenvalue weighted by molar-refractivity contribution is 5.69. The number of rotatable bonds is 1. The van der Waals surface area contributed by atoms with Crippen molar-refractivity contribution in [2.75, 3.05) is 0 Å². The van der Waals surface area contributed by atoms with Gasteiger partial charge in [-0.25, -0.2) is 0 Å². The van der Waals surface area contributed by atoms with Crippen molar-refractivity contribution < 1.29 is 4.57 Å². The summed E-state index contributed by atoms with van der Waals surface area (Å²) in [5.41, 5.74) is 8.03. The summed E-state index contributed by atoms with van der Waals surface area (Å²) in [6.45, 7) is 19.4. The normalized spacial score (nSPS) is 26.8. The van der Waals surface area contributed by atoms with E-state index in [1.54, 1.807) is 16.7 Å². The predicted molar refractivity (Wildman–Crippen MR) is 110 cm³/mol. The highest BCUT2D eigenvalue weighted by Gasteiger charge is 2.57. The van der Waals surface area contributed by atoms with Gasteiger partial charge in [0.2, 0.25) is 5.69 Å². The molecule has 1 aliphatic carbocycles. The van der Waals surface area contributed by atoms with Crippen LogP contribution >= 0.6 is 0 Å². The van der Waals surface area contributed by atoms with Crippen LogP contribution in [0.4, 0.5) is 0 Å². The molecule has 2 atom stereocenters. The van der Waals surface area contributed by atoms with Crippen LogP contribution in [0.25, 0.3) is 11.3 Å². The van der Waals surface area contributed by atoms with Crippen LogP contribution in [0, 0.1) is 5.41 Å². The summed E-state index contributed by atoms with van der Waals surface area (Å²) in [5, 5.41) is 0. The molecular weight excluding hydrogens is 314 g/mol. The number of hydrogen-bond donors (Lipinski definition) is 0. The first kappa shape index (κ1) is 17.8. The highest BCUT2D eigenvalue weighted by Crippen LogP contribution is 2.62. The van der Waals surface area contributed by atoms with Crippen molar-refractivity contribution in [3.05, 3.63) is 53.2 Å². The Balaban J connectivity index is 2.05. The lowest BCUT2D eigenvalue weighted by Gasteiger charge is -2.44.